The number of amides is 1. The fourth-order valence-corrected chi connectivity index (χ4v) is 4.08. The summed E-state index contributed by atoms with van der Waals surface area (Å²) in [5, 5.41) is 12.0. The van der Waals surface area contributed by atoms with E-state index in [-0.39, 0.29) is 17.2 Å². The Morgan fingerprint density at radius 3 is 2.73 bits per heavy atom. The van der Waals surface area contributed by atoms with E-state index in [2.05, 4.69) is 29.4 Å². The lowest BCUT2D eigenvalue weighted by atomic mass is 9.78. The third-order valence-electron chi connectivity index (χ3n) is 5.18. The summed E-state index contributed by atoms with van der Waals surface area (Å²) in [4.78, 5) is 12.5. The molecule has 5 nitrogen and oxygen atoms in total. The topological polar surface area (TPSA) is 68.0 Å². The Morgan fingerprint density at radius 2 is 2.00 bits per heavy atom. The lowest BCUT2D eigenvalue weighted by Gasteiger charge is -2.35. The number of nitrogens with one attached hydrogen (secondary N) is 1. The summed E-state index contributed by atoms with van der Waals surface area (Å²) in [6.07, 6.45) is 3.47. The van der Waals surface area contributed by atoms with Gasteiger partial charge in [0.15, 0.2) is 0 Å². The van der Waals surface area contributed by atoms with Crippen LogP contribution in [0.15, 0.2) is 33.9 Å². The third-order valence-corrected chi connectivity index (χ3v) is 6.37. The number of benzene rings is 1. The second kappa shape index (κ2) is 8.44. The molecule has 0 aliphatic heterocycles. The number of halogens is 1. The minimum Gasteiger partial charge on any atom is -0.411 e. The van der Waals surface area contributed by atoms with Gasteiger partial charge in [0.05, 0.1) is 5.25 Å². The standard InChI is InChI=1S/C19H24ClN3O2S/c1-11-5-4-6-16(12(11)2)21-17(24)13(3)26-19-23-22-18(25-19)14-7-9-15(20)10-8-14/h7-13,16H,4-6H2,1-3H3,(H,21,24)/t11-,12-,13-,16-/m1/s1. The lowest BCUT2D eigenvalue weighted by Crippen LogP contribution is -2.46. The van der Waals surface area contributed by atoms with E-state index in [9.17, 15) is 4.79 Å². The molecule has 3 rings (SSSR count). The van der Waals surface area contributed by atoms with E-state index < -0.39 is 0 Å². The van der Waals surface area contributed by atoms with Crippen molar-refractivity contribution in [3.8, 4) is 11.5 Å². The van der Waals surface area contributed by atoms with Gasteiger partial charge >= 0.3 is 0 Å². The quantitative estimate of drug-likeness (QED) is 0.738. The van der Waals surface area contributed by atoms with Crippen molar-refractivity contribution in [2.75, 3.05) is 0 Å². The zero-order valence-corrected chi connectivity index (χ0v) is 16.8. The van der Waals surface area contributed by atoms with Crippen LogP contribution in [0.1, 0.15) is 40.0 Å². The first kappa shape index (κ1) is 19.2. The molecule has 1 heterocycles. The second-order valence-electron chi connectivity index (χ2n) is 7.02. The van der Waals surface area contributed by atoms with Crippen LogP contribution in [0.2, 0.25) is 5.02 Å². The first-order chi connectivity index (χ1) is 12.4. The Balaban J connectivity index is 1.58. The fraction of sp³-hybridized carbons (Fsp3) is 0.526. The third kappa shape index (κ3) is 4.60. The molecule has 0 unspecified atom stereocenters. The summed E-state index contributed by atoms with van der Waals surface area (Å²) in [5.41, 5.74) is 0.802. The van der Waals surface area contributed by atoms with Crippen LogP contribution in [-0.4, -0.2) is 27.4 Å². The molecular weight excluding hydrogens is 370 g/mol. The van der Waals surface area contributed by atoms with Gasteiger partial charge in [-0.1, -0.05) is 50.1 Å². The highest BCUT2D eigenvalue weighted by atomic mass is 35.5. The Morgan fingerprint density at radius 1 is 1.27 bits per heavy atom. The van der Waals surface area contributed by atoms with Crippen molar-refractivity contribution in [2.24, 2.45) is 11.8 Å². The minimum atomic E-state index is -0.294. The van der Waals surface area contributed by atoms with Gasteiger partial charge in [-0.3, -0.25) is 4.79 Å². The molecule has 0 radical (unpaired) electrons. The number of nitrogens with zero attached hydrogens (tertiary/aromatic N) is 2. The number of hydrogen-bond acceptors (Lipinski definition) is 5. The lowest BCUT2D eigenvalue weighted by molar-refractivity contribution is -0.121. The molecule has 4 atom stereocenters. The van der Waals surface area contributed by atoms with Crippen molar-refractivity contribution in [1.29, 1.82) is 0 Å². The molecule has 1 amide bonds. The molecule has 0 saturated heterocycles. The van der Waals surface area contributed by atoms with E-state index in [0.29, 0.717) is 28.0 Å². The van der Waals surface area contributed by atoms with Crippen molar-refractivity contribution in [3.05, 3.63) is 29.3 Å². The molecule has 1 saturated carbocycles. The van der Waals surface area contributed by atoms with E-state index >= 15 is 0 Å². The molecule has 1 aromatic heterocycles. The Hall–Kier alpha value is -1.53. The van der Waals surface area contributed by atoms with E-state index in [0.717, 1.165) is 12.0 Å². The Kier molecular flexibility index (Phi) is 6.24. The summed E-state index contributed by atoms with van der Waals surface area (Å²) in [7, 11) is 0. The monoisotopic (exact) mass is 393 g/mol. The first-order valence-electron chi connectivity index (χ1n) is 9.00. The van der Waals surface area contributed by atoms with Gasteiger partial charge in [0.2, 0.25) is 11.8 Å². The highest BCUT2D eigenvalue weighted by Gasteiger charge is 2.29. The zero-order chi connectivity index (χ0) is 18.7. The van der Waals surface area contributed by atoms with E-state index in [1.54, 1.807) is 12.1 Å². The van der Waals surface area contributed by atoms with Crippen molar-refractivity contribution >= 4 is 29.3 Å². The normalized spacial score (nSPS) is 24.2. The summed E-state index contributed by atoms with van der Waals surface area (Å²) in [6.45, 7) is 6.35. The molecule has 1 aliphatic carbocycles. The molecule has 140 valence electrons. The van der Waals surface area contributed by atoms with Gasteiger partial charge in [0.25, 0.3) is 5.22 Å². The number of rotatable bonds is 5. The maximum Gasteiger partial charge on any atom is 0.277 e. The van der Waals surface area contributed by atoms with Crippen LogP contribution in [0.25, 0.3) is 11.5 Å². The van der Waals surface area contributed by atoms with Crippen molar-refractivity contribution in [3.63, 3.8) is 0 Å². The van der Waals surface area contributed by atoms with E-state index in [4.69, 9.17) is 16.0 Å². The van der Waals surface area contributed by atoms with Gasteiger partial charge in [0, 0.05) is 16.6 Å². The minimum absolute atomic E-state index is 0.0205. The van der Waals surface area contributed by atoms with Crippen molar-refractivity contribution in [2.45, 2.75) is 56.5 Å². The Bertz CT molecular complexity index is 749. The summed E-state index contributed by atoms with van der Waals surface area (Å²) >= 11 is 7.17. The van der Waals surface area contributed by atoms with Crippen molar-refractivity contribution in [1.82, 2.24) is 15.5 Å². The number of carbonyl (C=O) groups excluding carboxylic acids is 1. The number of aromatic nitrogens is 2. The zero-order valence-electron chi connectivity index (χ0n) is 15.2. The molecule has 26 heavy (non-hydrogen) atoms. The van der Waals surface area contributed by atoms with E-state index in [1.807, 2.05) is 19.1 Å². The second-order valence-corrected chi connectivity index (χ2v) is 8.75. The molecule has 1 aromatic carbocycles. The SMILES string of the molecule is C[C@@H]1[C@H](C)CCC[C@H]1NC(=O)[C@@H](C)Sc1nnc(-c2ccc(Cl)cc2)o1. The average molecular weight is 394 g/mol. The van der Waals surface area contributed by atoms with Gasteiger partial charge in [0.1, 0.15) is 0 Å². The molecule has 1 aliphatic rings. The maximum absolute atomic E-state index is 12.5. The molecule has 2 aromatic rings. The molecule has 0 spiro atoms. The van der Waals surface area contributed by atoms with Crippen LogP contribution in [0.4, 0.5) is 0 Å². The summed E-state index contributed by atoms with van der Waals surface area (Å²) < 4.78 is 5.68. The van der Waals surface area contributed by atoms with Gasteiger partial charge in [-0.15, -0.1) is 10.2 Å². The smallest absolute Gasteiger partial charge is 0.277 e. The van der Waals surface area contributed by atoms with Gasteiger partial charge in [-0.25, -0.2) is 0 Å². The van der Waals surface area contributed by atoms with Crippen molar-refractivity contribution < 1.29 is 9.21 Å². The highest BCUT2D eigenvalue weighted by molar-refractivity contribution is 8.00. The van der Waals surface area contributed by atoms with Crippen LogP contribution in [0.5, 0.6) is 0 Å². The van der Waals surface area contributed by atoms with Crippen LogP contribution in [0.3, 0.4) is 0 Å². The number of thioether (sulfide) groups is 1. The molecule has 7 heteroatoms. The summed E-state index contributed by atoms with van der Waals surface area (Å²) in [6, 6.07) is 7.45. The average Bonchev–Trinajstić information content (AvgIpc) is 3.08. The van der Waals surface area contributed by atoms with Gasteiger partial charge in [-0.2, -0.15) is 0 Å². The van der Waals surface area contributed by atoms with Crippen LogP contribution in [0, 0.1) is 11.8 Å². The molecule has 1 fully saturated rings. The highest BCUT2D eigenvalue weighted by Crippen LogP contribution is 2.31. The molecule has 1 N–H and O–H groups in total. The van der Waals surface area contributed by atoms with E-state index in [1.165, 1.54) is 24.6 Å². The predicted molar refractivity (Wildman–Crippen MR) is 104 cm³/mol. The maximum atomic E-state index is 12.5. The van der Waals surface area contributed by atoms with Crippen LogP contribution in [-0.2, 0) is 4.79 Å². The van der Waals surface area contributed by atoms with Crippen LogP contribution < -0.4 is 5.32 Å². The van der Waals surface area contributed by atoms with Crippen LogP contribution >= 0.6 is 23.4 Å². The predicted octanol–water partition coefficient (Wildman–Crippen LogP) is 4.81. The number of hydrogen-bond donors (Lipinski definition) is 1. The largest absolute Gasteiger partial charge is 0.411 e. The fourth-order valence-electron chi connectivity index (χ4n) is 3.26. The summed E-state index contributed by atoms with van der Waals surface area (Å²) in [5.74, 6) is 1.60. The van der Waals surface area contributed by atoms with Gasteiger partial charge < -0.3 is 9.73 Å². The number of carbonyl (C=O) groups is 1. The molecule has 0 bridgehead atoms. The van der Waals surface area contributed by atoms with Gasteiger partial charge in [-0.05, 0) is 49.4 Å². The first-order valence-corrected chi connectivity index (χ1v) is 10.3. The molecular formula is C19H24ClN3O2S. The Labute approximate surface area is 163 Å².